The summed E-state index contributed by atoms with van der Waals surface area (Å²) in [6.45, 7) is 6.32. The number of alkyl halides is 3. The van der Waals surface area contributed by atoms with E-state index in [-0.39, 0.29) is 23.3 Å². The zero-order chi connectivity index (χ0) is 33.1. The second-order valence-corrected chi connectivity index (χ2v) is 12.8. The van der Waals surface area contributed by atoms with Crippen molar-refractivity contribution in [2.45, 2.75) is 69.6 Å². The van der Waals surface area contributed by atoms with Gasteiger partial charge in [-0.2, -0.15) is 17.5 Å². The van der Waals surface area contributed by atoms with Crippen LogP contribution in [-0.2, 0) is 26.0 Å². The van der Waals surface area contributed by atoms with Crippen molar-refractivity contribution in [3.63, 3.8) is 0 Å². The third kappa shape index (κ3) is 10.9. The van der Waals surface area contributed by atoms with Gasteiger partial charge in [0.2, 0.25) is 15.9 Å². The first-order chi connectivity index (χ1) is 20.6. The maximum absolute atomic E-state index is 13.4. The van der Waals surface area contributed by atoms with Crippen LogP contribution in [0.15, 0.2) is 59.6 Å². The topological polar surface area (TPSA) is 166 Å². The van der Waals surface area contributed by atoms with E-state index in [1.807, 2.05) is 51.2 Å². The fourth-order valence-corrected chi connectivity index (χ4v) is 6.26. The zero-order valence-corrected chi connectivity index (χ0v) is 25.8. The van der Waals surface area contributed by atoms with Crippen LogP contribution < -0.4 is 11.1 Å². The summed E-state index contributed by atoms with van der Waals surface area (Å²) in [6.07, 6.45) is -0.960. The standard InChI is InChI=1S/C28H40N4O4S.C2HF3O2/c1-20(2)18-32(37(35,36)24-13-11-21(3)12-14-24)23(19-33)8-6-7-15-30-28(34)26(29)16-22-17-31-27-10-5-4-9-25(22)27;3-2(4,5)1(6)7/h4-5,9-14,17,20,23,26,31,33H,6-8,15-16,18-19,29H2,1-3H3,(H,30,34);(H,6,7)/t23-,26-;/m0./s1. The number of benzene rings is 2. The smallest absolute Gasteiger partial charge is 0.475 e. The lowest BCUT2D eigenvalue weighted by Gasteiger charge is -2.31. The van der Waals surface area contributed by atoms with Crippen LogP contribution in [0.4, 0.5) is 13.2 Å². The molecule has 6 N–H and O–H groups in total. The van der Waals surface area contributed by atoms with Crippen molar-refractivity contribution in [3.8, 4) is 0 Å². The lowest BCUT2D eigenvalue weighted by Crippen LogP contribution is -2.44. The van der Waals surface area contributed by atoms with Gasteiger partial charge in [0.1, 0.15) is 0 Å². The molecule has 14 heteroatoms. The molecule has 0 saturated heterocycles. The number of aliphatic hydroxyl groups is 1. The molecule has 2 atom stereocenters. The molecule has 3 aromatic rings. The van der Waals surface area contributed by atoms with E-state index in [4.69, 9.17) is 15.6 Å². The molecule has 2 aromatic carbocycles. The SMILES string of the molecule is Cc1ccc(S(=O)(=O)N(CC(C)C)[C@H](CO)CCCCNC(=O)[C@@H](N)Cc2c[nH]c3ccccc23)cc1.O=C(O)C(F)(F)F. The van der Waals surface area contributed by atoms with Gasteiger partial charge in [0, 0.05) is 36.2 Å². The number of H-pyrrole nitrogens is 1. The van der Waals surface area contributed by atoms with Crippen LogP contribution in [0.2, 0.25) is 0 Å². The molecule has 0 fully saturated rings. The second-order valence-electron chi connectivity index (χ2n) is 10.9. The maximum Gasteiger partial charge on any atom is 0.490 e. The monoisotopic (exact) mass is 642 g/mol. The van der Waals surface area contributed by atoms with Gasteiger partial charge in [0.05, 0.1) is 17.5 Å². The highest BCUT2D eigenvalue weighted by Gasteiger charge is 2.38. The van der Waals surface area contributed by atoms with Crippen LogP contribution in [0, 0.1) is 12.8 Å². The minimum absolute atomic E-state index is 0.104. The summed E-state index contributed by atoms with van der Waals surface area (Å²) < 4.78 is 59.9. The Morgan fingerprint density at radius 1 is 1.07 bits per heavy atom. The summed E-state index contributed by atoms with van der Waals surface area (Å²) in [5.41, 5.74) is 9.15. The number of rotatable bonds is 14. The molecule has 0 unspecified atom stereocenters. The van der Waals surface area contributed by atoms with E-state index >= 15 is 0 Å². The Labute approximate surface area is 255 Å². The highest BCUT2D eigenvalue weighted by atomic mass is 32.2. The van der Waals surface area contributed by atoms with E-state index < -0.39 is 34.3 Å². The number of nitrogens with zero attached hydrogens (tertiary/aromatic N) is 1. The Bertz CT molecular complexity index is 1460. The first kappa shape index (κ1) is 36.7. The first-order valence-corrected chi connectivity index (χ1v) is 15.6. The normalized spacial score (nSPS) is 13.4. The maximum atomic E-state index is 13.4. The summed E-state index contributed by atoms with van der Waals surface area (Å²) in [5.74, 6) is -2.87. The largest absolute Gasteiger partial charge is 0.490 e. The summed E-state index contributed by atoms with van der Waals surface area (Å²) in [5, 5.41) is 21.2. The number of nitrogens with two attached hydrogens (primary N) is 1. The number of aryl methyl sites for hydroxylation is 1. The summed E-state index contributed by atoms with van der Waals surface area (Å²) >= 11 is 0. The lowest BCUT2D eigenvalue weighted by molar-refractivity contribution is -0.192. The van der Waals surface area contributed by atoms with E-state index in [2.05, 4.69) is 10.3 Å². The molecule has 44 heavy (non-hydrogen) atoms. The van der Waals surface area contributed by atoms with E-state index in [9.17, 15) is 31.5 Å². The number of unbranched alkanes of at least 4 members (excludes halogenated alkanes) is 1. The van der Waals surface area contributed by atoms with Crippen LogP contribution in [0.1, 0.15) is 44.2 Å². The molecule has 0 aliphatic carbocycles. The number of halogens is 3. The summed E-state index contributed by atoms with van der Waals surface area (Å²) in [6, 6.07) is 13.5. The van der Waals surface area contributed by atoms with E-state index in [1.165, 1.54) is 4.31 Å². The number of hydrogen-bond acceptors (Lipinski definition) is 6. The fraction of sp³-hybridized carbons (Fsp3) is 0.467. The van der Waals surface area contributed by atoms with Crippen molar-refractivity contribution in [1.29, 1.82) is 0 Å². The van der Waals surface area contributed by atoms with E-state index in [1.54, 1.807) is 24.3 Å². The van der Waals surface area contributed by atoms with Crippen LogP contribution in [0.5, 0.6) is 0 Å². The van der Waals surface area contributed by atoms with Gasteiger partial charge in [-0.3, -0.25) is 4.79 Å². The minimum atomic E-state index is -5.08. The molecule has 0 saturated carbocycles. The summed E-state index contributed by atoms with van der Waals surface area (Å²) in [7, 11) is -3.75. The molecule has 0 spiro atoms. The molecule has 10 nitrogen and oxygen atoms in total. The van der Waals surface area contributed by atoms with Gasteiger partial charge in [0.25, 0.3) is 0 Å². The number of carboxylic acids is 1. The molecule has 0 bridgehead atoms. The number of aliphatic carboxylic acids is 1. The number of nitrogens with one attached hydrogen (secondary N) is 2. The molecule has 1 heterocycles. The van der Waals surface area contributed by atoms with Crippen LogP contribution in [0.3, 0.4) is 0 Å². The molecular weight excluding hydrogens is 601 g/mol. The number of para-hydroxylation sites is 1. The zero-order valence-electron chi connectivity index (χ0n) is 25.0. The quantitative estimate of drug-likeness (QED) is 0.166. The molecule has 0 aliphatic heterocycles. The Morgan fingerprint density at radius 2 is 1.68 bits per heavy atom. The second kappa shape index (κ2) is 16.6. The van der Waals surface area contributed by atoms with E-state index in [0.29, 0.717) is 38.8 Å². The third-order valence-corrected chi connectivity index (χ3v) is 8.68. The number of fused-ring (bicyclic) bond motifs is 1. The molecule has 3 rings (SSSR count). The first-order valence-electron chi connectivity index (χ1n) is 14.2. The average Bonchev–Trinajstić information content (AvgIpc) is 3.36. The Morgan fingerprint density at radius 3 is 2.25 bits per heavy atom. The van der Waals surface area contributed by atoms with Crippen molar-refractivity contribution < 1.29 is 41.4 Å². The Balaban J connectivity index is 0.000000860. The number of aromatic amines is 1. The number of carbonyl (C=O) groups excluding carboxylic acids is 1. The Kier molecular flexibility index (Phi) is 13.8. The van der Waals surface area contributed by atoms with Crippen LogP contribution in [0.25, 0.3) is 10.9 Å². The number of hydrogen-bond donors (Lipinski definition) is 5. The number of carboxylic acid groups (broad SMARTS) is 1. The van der Waals surface area contributed by atoms with Crippen molar-refractivity contribution >= 4 is 32.8 Å². The van der Waals surface area contributed by atoms with Crippen molar-refractivity contribution in [3.05, 3.63) is 65.9 Å². The van der Waals surface area contributed by atoms with Gasteiger partial charge in [-0.25, -0.2) is 13.2 Å². The van der Waals surface area contributed by atoms with Crippen molar-refractivity contribution in [2.24, 2.45) is 11.7 Å². The van der Waals surface area contributed by atoms with Gasteiger partial charge in [-0.15, -0.1) is 0 Å². The van der Waals surface area contributed by atoms with Gasteiger partial charge >= 0.3 is 12.1 Å². The number of sulfonamides is 1. The van der Waals surface area contributed by atoms with Gasteiger partial charge in [-0.05, 0) is 55.9 Å². The number of amides is 1. The lowest BCUT2D eigenvalue weighted by atomic mass is 10.0. The molecule has 0 aliphatic rings. The van der Waals surface area contributed by atoms with Gasteiger partial charge in [0.15, 0.2) is 0 Å². The number of aliphatic hydroxyl groups excluding tert-OH is 1. The molecule has 244 valence electrons. The molecule has 1 aromatic heterocycles. The highest BCUT2D eigenvalue weighted by Crippen LogP contribution is 2.23. The van der Waals surface area contributed by atoms with Gasteiger partial charge < -0.3 is 26.2 Å². The average molecular weight is 643 g/mol. The molecular formula is C30H41F3N4O6S. The highest BCUT2D eigenvalue weighted by molar-refractivity contribution is 7.89. The predicted molar refractivity (Wildman–Crippen MR) is 161 cm³/mol. The van der Waals surface area contributed by atoms with Gasteiger partial charge in [-0.1, -0.05) is 56.2 Å². The minimum Gasteiger partial charge on any atom is -0.475 e. The van der Waals surface area contributed by atoms with Crippen molar-refractivity contribution in [2.75, 3.05) is 19.7 Å². The van der Waals surface area contributed by atoms with E-state index in [0.717, 1.165) is 22.0 Å². The Hall–Kier alpha value is -3.46. The van der Waals surface area contributed by atoms with Crippen LogP contribution in [-0.4, -0.2) is 77.8 Å². The predicted octanol–water partition coefficient (Wildman–Crippen LogP) is 3.97. The number of aromatic nitrogens is 1. The molecule has 0 radical (unpaired) electrons. The third-order valence-electron chi connectivity index (χ3n) is 6.75. The fourth-order valence-electron chi connectivity index (χ4n) is 4.45. The molecule has 1 amide bonds. The number of carbonyl (C=O) groups is 2. The summed E-state index contributed by atoms with van der Waals surface area (Å²) in [4.78, 5) is 24.9. The van der Waals surface area contributed by atoms with Crippen LogP contribution >= 0.6 is 0 Å². The van der Waals surface area contributed by atoms with Crippen molar-refractivity contribution in [1.82, 2.24) is 14.6 Å².